The molecule has 0 aromatic heterocycles. The molecular formula is C28H48N2O2. The Morgan fingerprint density at radius 3 is 2.59 bits per heavy atom. The van der Waals surface area contributed by atoms with Gasteiger partial charge >= 0.3 is 0 Å². The standard InChI is InChI=1S/C28H48N2O2/c1-18-8-15-28(30-17-18)19(2)25-24(32-28)11-13-26(25,3)12-10-22-23(29-5)7-6-20-16-21(31)9-14-27(20,22)4/h18-25,30-31H,5-17H2,1-4H3. The molecule has 0 aromatic carbocycles. The average molecular weight is 445 g/mol. The van der Waals surface area contributed by atoms with E-state index in [1.54, 1.807) is 0 Å². The Bertz CT molecular complexity index is 704. The van der Waals surface area contributed by atoms with Crippen LogP contribution in [0.4, 0.5) is 0 Å². The molecular weight excluding hydrogens is 396 g/mol. The summed E-state index contributed by atoms with van der Waals surface area (Å²) < 4.78 is 6.85. The first-order chi connectivity index (χ1) is 15.2. The number of fused-ring (bicyclic) bond motifs is 2. The van der Waals surface area contributed by atoms with E-state index in [-0.39, 0.29) is 11.8 Å². The van der Waals surface area contributed by atoms with Gasteiger partial charge in [0.05, 0.1) is 18.2 Å². The van der Waals surface area contributed by atoms with E-state index >= 15 is 0 Å². The second-order valence-electron chi connectivity index (χ2n) is 13.2. The molecule has 0 bridgehead atoms. The van der Waals surface area contributed by atoms with Gasteiger partial charge < -0.3 is 9.84 Å². The van der Waals surface area contributed by atoms with Gasteiger partial charge in [-0.3, -0.25) is 10.3 Å². The first-order valence-electron chi connectivity index (χ1n) is 13.8. The summed E-state index contributed by atoms with van der Waals surface area (Å²) in [4.78, 5) is 4.66. The smallest absolute Gasteiger partial charge is 0.122 e. The van der Waals surface area contributed by atoms with Crippen LogP contribution in [0, 0.1) is 40.4 Å². The number of hydrogen-bond acceptors (Lipinski definition) is 4. The number of nitrogens with zero attached hydrogens (tertiary/aromatic N) is 1. The van der Waals surface area contributed by atoms with Crippen molar-refractivity contribution in [3.63, 3.8) is 0 Å². The van der Waals surface area contributed by atoms with Gasteiger partial charge in [-0.05, 0) is 112 Å². The van der Waals surface area contributed by atoms with Gasteiger partial charge in [0, 0.05) is 12.5 Å². The summed E-state index contributed by atoms with van der Waals surface area (Å²) in [7, 11) is 0. The minimum Gasteiger partial charge on any atom is -0.393 e. The molecule has 5 rings (SSSR count). The van der Waals surface area contributed by atoms with Crippen molar-refractivity contribution >= 4 is 6.72 Å². The van der Waals surface area contributed by atoms with Crippen molar-refractivity contribution < 1.29 is 9.84 Å². The van der Waals surface area contributed by atoms with Crippen LogP contribution >= 0.6 is 0 Å². The number of nitrogens with one attached hydrogen (secondary N) is 1. The molecule has 0 aromatic rings. The van der Waals surface area contributed by atoms with Crippen LogP contribution in [0.3, 0.4) is 0 Å². The van der Waals surface area contributed by atoms with E-state index in [1.165, 1.54) is 44.9 Å². The molecule has 32 heavy (non-hydrogen) atoms. The van der Waals surface area contributed by atoms with Gasteiger partial charge in [0.25, 0.3) is 0 Å². The molecule has 5 aliphatic rings. The van der Waals surface area contributed by atoms with E-state index in [0.29, 0.717) is 46.6 Å². The summed E-state index contributed by atoms with van der Waals surface area (Å²) in [5, 5.41) is 14.2. The Labute approximate surface area is 196 Å². The van der Waals surface area contributed by atoms with Crippen LogP contribution in [-0.4, -0.2) is 42.3 Å². The number of hydrogen-bond donors (Lipinski definition) is 2. The highest BCUT2D eigenvalue weighted by molar-refractivity contribution is 5.25. The van der Waals surface area contributed by atoms with Crippen molar-refractivity contribution in [1.82, 2.24) is 5.32 Å². The van der Waals surface area contributed by atoms with Gasteiger partial charge in [0.1, 0.15) is 5.72 Å². The lowest BCUT2D eigenvalue weighted by atomic mass is 9.52. The van der Waals surface area contributed by atoms with Crippen LogP contribution in [0.5, 0.6) is 0 Å². The molecule has 5 fully saturated rings. The largest absolute Gasteiger partial charge is 0.393 e. The Kier molecular flexibility index (Phi) is 6.07. The highest BCUT2D eigenvalue weighted by Gasteiger charge is 2.61. The Morgan fingerprint density at radius 1 is 1.06 bits per heavy atom. The van der Waals surface area contributed by atoms with Gasteiger partial charge in [0.15, 0.2) is 0 Å². The average Bonchev–Trinajstić information content (AvgIpc) is 3.24. The summed E-state index contributed by atoms with van der Waals surface area (Å²) in [5.74, 6) is 3.28. The van der Waals surface area contributed by atoms with E-state index in [1.807, 2.05) is 0 Å². The second kappa shape index (κ2) is 8.34. The predicted molar refractivity (Wildman–Crippen MR) is 131 cm³/mol. The molecule has 4 nitrogen and oxygen atoms in total. The zero-order valence-electron chi connectivity index (χ0n) is 21.1. The molecule has 11 unspecified atom stereocenters. The van der Waals surface area contributed by atoms with Crippen molar-refractivity contribution in [1.29, 1.82) is 0 Å². The first-order valence-corrected chi connectivity index (χ1v) is 13.8. The van der Waals surface area contributed by atoms with Crippen LogP contribution in [0.1, 0.15) is 98.3 Å². The molecule has 2 N–H and O–H groups in total. The number of aliphatic hydroxyl groups is 1. The SMILES string of the molecule is C=NC1CCC2CC(O)CCC2(C)C1CCC1(C)CCC2OC3(CCC(C)CN3)C(C)C21. The Morgan fingerprint density at radius 2 is 1.88 bits per heavy atom. The van der Waals surface area contributed by atoms with Crippen LogP contribution in [0.25, 0.3) is 0 Å². The monoisotopic (exact) mass is 444 g/mol. The molecule has 182 valence electrons. The summed E-state index contributed by atoms with van der Waals surface area (Å²) in [6, 6.07) is 0.400. The van der Waals surface area contributed by atoms with Crippen molar-refractivity contribution in [3.05, 3.63) is 0 Å². The molecule has 4 heteroatoms. The number of aliphatic imine (C=N–C) groups is 1. The van der Waals surface area contributed by atoms with Gasteiger partial charge in [-0.1, -0.05) is 27.7 Å². The van der Waals surface area contributed by atoms with E-state index in [0.717, 1.165) is 38.1 Å². The summed E-state index contributed by atoms with van der Waals surface area (Å²) >= 11 is 0. The fraction of sp³-hybridized carbons (Fsp3) is 0.964. The molecule has 0 amide bonds. The molecule has 0 radical (unpaired) electrons. The zero-order valence-corrected chi connectivity index (χ0v) is 21.1. The van der Waals surface area contributed by atoms with Gasteiger partial charge in [-0.25, -0.2) is 0 Å². The Balaban J connectivity index is 1.32. The molecule has 3 aliphatic carbocycles. The predicted octanol–water partition coefficient (Wildman–Crippen LogP) is 5.58. The van der Waals surface area contributed by atoms with Gasteiger partial charge in [-0.2, -0.15) is 0 Å². The number of rotatable bonds is 4. The molecule has 1 spiro atoms. The molecule has 3 saturated carbocycles. The lowest BCUT2D eigenvalue weighted by Crippen LogP contribution is -2.55. The van der Waals surface area contributed by atoms with E-state index in [2.05, 4.69) is 44.7 Å². The summed E-state index contributed by atoms with van der Waals surface area (Å²) in [6.45, 7) is 15.0. The van der Waals surface area contributed by atoms with Crippen LogP contribution in [-0.2, 0) is 4.74 Å². The van der Waals surface area contributed by atoms with E-state index < -0.39 is 0 Å². The van der Waals surface area contributed by atoms with Gasteiger partial charge in [0.2, 0.25) is 0 Å². The minimum atomic E-state index is -0.0894. The van der Waals surface area contributed by atoms with E-state index in [9.17, 15) is 5.11 Å². The van der Waals surface area contributed by atoms with Crippen molar-refractivity contribution in [2.45, 2.75) is 122 Å². The van der Waals surface area contributed by atoms with Crippen molar-refractivity contribution in [3.8, 4) is 0 Å². The minimum absolute atomic E-state index is 0.0733. The second-order valence-corrected chi connectivity index (χ2v) is 13.2. The van der Waals surface area contributed by atoms with Crippen LogP contribution in [0.2, 0.25) is 0 Å². The third-order valence-corrected chi connectivity index (χ3v) is 11.5. The zero-order chi connectivity index (χ0) is 22.7. The third-order valence-electron chi connectivity index (χ3n) is 11.5. The molecule has 2 heterocycles. The number of aliphatic hydroxyl groups excluding tert-OH is 1. The lowest BCUT2D eigenvalue weighted by molar-refractivity contribution is -0.103. The third kappa shape index (κ3) is 3.62. The quantitative estimate of drug-likeness (QED) is 0.557. The number of ether oxygens (including phenoxy) is 1. The lowest BCUT2D eigenvalue weighted by Gasteiger charge is -2.54. The maximum absolute atomic E-state index is 10.3. The first kappa shape index (κ1) is 23.3. The van der Waals surface area contributed by atoms with Crippen LogP contribution < -0.4 is 5.32 Å². The summed E-state index contributed by atoms with van der Waals surface area (Å²) in [5.41, 5.74) is 0.607. The fourth-order valence-electron chi connectivity index (χ4n) is 9.34. The van der Waals surface area contributed by atoms with E-state index in [4.69, 9.17) is 4.74 Å². The van der Waals surface area contributed by atoms with Crippen LogP contribution in [0.15, 0.2) is 4.99 Å². The molecule has 11 atom stereocenters. The topological polar surface area (TPSA) is 53.9 Å². The fourth-order valence-corrected chi connectivity index (χ4v) is 9.34. The normalized spacial score (nSPS) is 55.5. The van der Waals surface area contributed by atoms with Crippen molar-refractivity contribution in [2.24, 2.45) is 45.4 Å². The van der Waals surface area contributed by atoms with Crippen molar-refractivity contribution in [2.75, 3.05) is 6.54 Å². The Hall–Kier alpha value is -0.450. The summed E-state index contributed by atoms with van der Waals surface area (Å²) in [6.07, 6.45) is 13.4. The molecule has 2 saturated heterocycles. The maximum Gasteiger partial charge on any atom is 0.122 e. The molecule has 2 aliphatic heterocycles. The number of piperidine rings is 1. The highest BCUT2D eigenvalue weighted by Crippen LogP contribution is 2.61. The maximum atomic E-state index is 10.3. The van der Waals surface area contributed by atoms with Gasteiger partial charge in [-0.15, -0.1) is 0 Å². The highest BCUT2D eigenvalue weighted by atomic mass is 16.5.